The first kappa shape index (κ1) is 19.6. The van der Waals surface area contributed by atoms with Crippen molar-refractivity contribution < 1.29 is 9.59 Å². The van der Waals surface area contributed by atoms with Gasteiger partial charge in [0, 0.05) is 18.3 Å². The molecular weight excluding hydrogens is 376 g/mol. The molecule has 144 valence electrons. The van der Waals surface area contributed by atoms with Gasteiger partial charge in [0.15, 0.2) is 0 Å². The number of halogens is 1. The molecule has 2 amide bonds. The predicted octanol–water partition coefficient (Wildman–Crippen LogP) is 3.81. The van der Waals surface area contributed by atoms with E-state index in [0.717, 1.165) is 11.1 Å². The molecule has 0 unspecified atom stereocenters. The molecule has 7 heteroatoms. The van der Waals surface area contributed by atoms with E-state index in [9.17, 15) is 9.59 Å². The Labute approximate surface area is 168 Å². The summed E-state index contributed by atoms with van der Waals surface area (Å²) in [5.41, 5.74) is 3.86. The summed E-state index contributed by atoms with van der Waals surface area (Å²) in [4.78, 5) is 24.6. The molecule has 0 aliphatic rings. The highest BCUT2D eigenvalue weighted by molar-refractivity contribution is 6.33. The standard InChI is InChI=1S/C21H21ClN4O2/c1-13-11-16(20(27)23-3)9-10-17(13)24-21(28)18-14(2)25-26(19(18)22)12-15-7-5-4-6-8-15/h4-11H,12H2,1-3H3,(H,23,27)(H,24,28). The van der Waals surface area contributed by atoms with E-state index in [1.807, 2.05) is 37.3 Å². The number of hydrogen-bond donors (Lipinski definition) is 2. The van der Waals surface area contributed by atoms with Gasteiger partial charge in [0.05, 0.1) is 17.8 Å². The molecule has 0 radical (unpaired) electrons. The van der Waals surface area contributed by atoms with E-state index in [1.54, 1.807) is 36.9 Å². The van der Waals surface area contributed by atoms with Crippen LogP contribution in [0, 0.1) is 13.8 Å². The molecule has 0 aliphatic heterocycles. The zero-order valence-corrected chi connectivity index (χ0v) is 16.7. The van der Waals surface area contributed by atoms with Crippen LogP contribution in [0.25, 0.3) is 0 Å². The summed E-state index contributed by atoms with van der Waals surface area (Å²) in [5.74, 6) is -0.514. The molecule has 0 aliphatic carbocycles. The lowest BCUT2D eigenvalue weighted by Crippen LogP contribution is -2.18. The molecule has 0 fully saturated rings. The largest absolute Gasteiger partial charge is 0.355 e. The second-order valence-electron chi connectivity index (χ2n) is 6.46. The third kappa shape index (κ3) is 4.07. The average molecular weight is 397 g/mol. The van der Waals surface area contributed by atoms with Gasteiger partial charge in [-0.25, -0.2) is 4.68 Å². The first-order chi connectivity index (χ1) is 13.4. The first-order valence-corrected chi connectivity index (χ1v) is 9.19. The van der Waals surface area contributed by atoms with Gasteiger partial charge in [0.1, 0.15) is 5.15 Å². The van der Waals surface area contributed by atoms with Crippen LogP contribution in [-0.2, 0) is 6.54 Å². The summed E-state index contributed by atoms with van der Waals surface area (Å²) < 4.78 is 1.61. The molecule has 1 aromatic heterocycles. The SMILES string of the molecule is CNC(=O)c1ccc(NC(=O)c2c(C)nn(Cc3ccccc3)c2Cl)c(C)c1. The Morgan fingerprint density at radius 1 is 1.07 bits per heavy atom. The van der Waals surface area contributed by atoms with E-state index in [1.165, 1.54) is 0 Å². The summed E-state index contributed by atoms with van der Waals surface area (Å²) in [7, 11) is 1.57. The van der Waals surface area contributed by atoms with Crippen LogP contribution in [0.4, 0.5) is 5.69 Å². The van der Waals surface area contributed by atoms with Crippen molar-refractivity contribution in [1.82, 2.24) is 15.1 Å². The second-order valence-corrected chi connectivity index (χ2v) is 6.82. The van der Waals surface area contributed by atoms with E-state index >= 15 is 0 Å². The van der Waals surface area contributed by atoms with E-state index in [0.29, 0.717) is 34.2 Å². The van der Waals surface area contributed by atoms with E-state index < -0.39 is 0 Å². The monoisotopic (exact) mass is 396 g/mol. The molecule has 1 heterocycles. The highest BCUT2D eigenvalue weighted by atomic mass is 35.5. The van der Waals surface area contributed by atoms with Gasteiger partial charge >= 0.3 is 0 Å². The van der Waals surface area contributed by atoms with Crippen LogP contribution in [0.5, 0.6) is 0 Å². The Morgan fingerprint density at radius 3 is 2.43 bits per heavy atom. The van der Waals surface area contributed by atoms with Gasteiger partial charge in [-0.3, -0.25) is 9.59 Å². The lowest BCUT2D eigenvalue weighted by atomic mass is 10.1. The Kier molecular flexibility index (Phi) is 5.80. The average Bonchev–Trinajstić information content (AvgIpc) is 2.96. The van der Waals surface area contributed by atoms with Crippen molar-refractivity contribution in [2.45, 2.75) is 20.4 Å². The normalized spacial score (nSPS) is 10.6. The molecular formula is C21H21ClN4O2. The maximum Gasteiger partial charge on any atom is 0.260 e. The van der Waals surface area contributed by atoms with Crippen molar-refractivity contribution in [2.24, 2.45) is 0 Å². The van der Waals surface area contributed by atoms with Crippen molar-refractivity contribution >= 4 is 29.1 Å². The van der Waals surface area contributed by atoms with Gasteiger partial charge in [0.25, 0.3) is 11.8 Å². The molecule has 0 saturated heterocycles. The van der Waals surface area contributed by atoms with E-state index in [2.05, 4.69) is 15.7 Å². The van der Waals surface area contributed by atoms with Gasteiger partial charge in [-0.1, -0.05) is 41.9 Å². The van der Waals surface area contributed by atoms with Crippen molar-refractivity contribution in [1.29, 1.82) is 0 Å². The highest BCUT2D eigenvalue weighted by Gasteiger charge is 2.21. The molecule has 28 heavy (non-hydrogen) atoms. The lowest BCUT2D eigenvalue weighted by Gasteiger charge is -2.10. The zero-order valence-electron chi connectivity index (χ0n) is 15.9. The summed E-state index contributed by atoms with van der Waals surface area (Å²) in [6.45, 7) is 4.06. The number of carbonyl (C=O) groups is 2. The zero-order chi connectivity index (χ0) is 20.3. The fourth-order valence-corrected chi connectivity index (χ4v) is 3.27. The highest BCUT2D eigenvalue weighted by Crippen LogP contribution is 2.24. The van der Waals surface area contributed by atoms with Crippen LogP contribution >= 0.6 is 11.6 Å². The minimum atomic E-state index is -0.336. The molecule has 0 spiro atoms. The maximum absolute atomic E-state index is 12.8. The van der Waals surface area contributed by atoms with Crippen LogP contribution in [0.3, 0.4) is 0 Å². The summed E-state index contributed by atoms with van der Waals surface area (Å²) in [5, 5.41) is 10.1. The number of rotatable bonds is 5. The molecule has 6 nitrogen and oxygen atoms in total. The van der Waals surface area contributed by atoms with Gasteiger partial charge in [-0.05, 0) is 43.2 Å². The topological polar surface area (TPSA) is 76.0 Å². The Bertz CT molecular complexity index is 1030. The molecule has 0 saturated carbocycles. The summed E-state index contributed by atoms with van der Waals surface area (Å²) >= 11 is 6.45. The quantitative estimate of drug-likeness (QED) is 0.688. The Balaban J connectivity index is 1.82. The predicted molar refractivity (Wildman–Crippen MR) is 110 cm³/mol. The van der Waals surface area contributed by atoms with Crippen molar-refractivity contribution in [2.75, 3.05) is 12.4 Å². The van der Waals surface area contributed by atoms with E-state index in [-0.39, 0.29) is 11.8 Å². The van der Waals surface area contributed by atoms with Crippen LogP contribution in [-0.4, -0.2) is 28.6 Å². The van der Waals surface area contributed by atoms with Crippen LogP contribution in [0.2, 0.25) is 5.15 Å². The smallest absolute Gasteiger partial charge is 0.260 e. The lowest BCUT2D eigenvalue weighted by molar-refractivity contribution is 0.0962. The van der Waals surface area contributed by atoms with E-state index in [4.69, 9.17) is 11.6 Å². The molecule has 3 rings (SSSR count). The minimum absolute atomic E-state index is 0.179. The third-order valence-corrected chi connectivity index (χ3v) is 4.82. The van der Waals surface area contributed by atoms with Crippen molar-refractivity contribution in [3.8, 4) is 0 Å². The number of carbonyl (C=O) groups excluding carboxylic acids is 2. The maximum atomic E-state index is 12.8. The van der Waals surface area contributed by atoms with Crippen molar-refractivity contribution in [3.05, 3.63) is 81.6 Å². The van der Waals surface area contributed by atoms with Gasteiger partial charge in [-0.15, -0.1) is 0 Å². The minimum Gasteiger partial charge on any atom is -0.355 e. The van der Waals surface area contributed by atoms with Gasteiger partial charge < -0.3 is 10.6 Å². The molecule has 0 bridgehead atoms. The fraction of sp³-hybridized carbons (Fsp3) is 0.190. The fourth-order valence-electron chi connectivity index (χ4n) is 2.95. The Morgan fingerprint density at radius 2 is 1.79 bits per heavy atom. The molecule has 3 aromatic rings. The number of nitrogens with zero attached hydrogens (tertiary/aromatic N) is 2. The van der Waals surface area contributed by atoms with Crippen molar-refractivity contribution in [3.63, 3.8) is 0 Å². The summed E-state index contributed by atoms with van der Waals surface area (Å²) in [6, 6.07) is 14.9. The number of hydrogen-bond acceptors (Lipinski definition) is 3. The number of nitrogens with one attached hydrogen (secondary N) is 2. The number of benzene rings is 2. The number of aryl methyl sites for hydroxylation is 2. The molecule has 2 N–H and O–H groups in total. The number of amides is 2. The van der Waals surface area contributed by atoms with Crippen LogP contribution in [0.15, 0.2) is 48.5 Å². The number of anilines is 1. The first-order valence-electron chi connectivity index (χ1n) is 8.81. The third-order valence-electron chi connectivity index (χ3n) is 4.43. The van der Waals surface area contributed by atoms with Gasteiger partial charge in [0.2, 0.25) is 0 Å². The Hall–Kier alpha value is -3.12. The van der Waals surface area contributed by atoms with Gasteiger partial charge in [-0.2, -0.15) is 5.10 Å². The second kappa shape index (κ2) is 8.27. The summed E-state index contributed by atoms with van der Waals surface area (Å²) in [6.07, 6.45) is 0. The number of aromatic nitrogens is 2. The van der Waals surface area contributed by atoms with Crippen LogP contribution in [0.1, 0.15) is 37.5 Å². The molecule has 2 aromatic carbocycles. The van der Waals surface area contributed by atoms with Crippen LogP contribution < -0.4 is 10.6 Å². The molecule has 0 atom stereocenters.